The Balaban J connectivity index is 1.96. The van der Waals surface area contributed by atoms with E-state index < -0.39 is 54.3 Å². The molecule has 2 atom stereocenters. The summed E-state index contributed by atoms with van der Waals surface area (Å²) in [5.41, 5.74) is 7.17. The molecule has 0 bridgehead atoms. The largest absolute Gasteiger partial charge is 0.481 e. The predicted octanol–water partition coefficient (Wildman–Crippen LogP) is 2.23. The fourth-order valence-electron chi connectivity index (χ4n) is 3.25. The molecule has 0 aliphatic rings. The van der Waals surface area contributed by atoms with Gasteiger partial charge in [-0.1, -0.05) is 30.3 Å². The highest BCUT2D eigenvalue weighted by Crippen LogP contribution is 2.25. The van der Waals surface area contributed by atoms with Crippen molar-refractivity contribution in [3.8, 4) is 10.4 Å². The van der Waals surface area contributed by atoms with E-state index >= 15 is 0 Å². The van der Waals surface area contributed by atoms with E-state index in [-0.39, 0.29) is 19.3 Å². The smallest absolute Gasteiger partial charge is 0.304 e. The van der Waals surface area contributed by atoms with Gasteiger partial charge in [-0.25, -0.2) is 0 Å². The number of hydrogen-bond acceptors (Lipinski definition) is 6. The highest BCUT2D eigenvalue weighted by molar-refractivity contribution is 7.13. The van der Waals surface area contributed by atoms with Crippen LogP contribution in [0.25, 0.3) is 10.4 Å². The Hall–Kier alpha value is -3.53. The second-order valence-electron chi connectivity index (χ2n) is 7.59. The number of primary amides is 1. The fourth-order valence-corrected chi connectivity index (χ4v) is 3.99. The number of rotatable bonds is 14. The van der Waals surface area contributed by atoms with Gasteiger partial charge >= 0.3 is 11.9 Å². The molecule has 2 rings (SSSR count). The molecule has 0 aliphatic heterocycles. The molecule has 1 heterocycles. The number of thiophene rings is 1. The first kappa shape index (κ1) is 25.7. The Labute approximate surface area is 194 Å². The molecule has 10 heteroatoms. The third-order valence-electron chi connectivity index (χ3n) is 5.04. The Kier molecular flexibility index (Phi) is 9.74. The summed E-state index contributed by atoms with van der Waals surface area (Å²) in [6.07, 6.45) is -1.17. The van der Waals surface area contributed by atoms with Crippen molar-refractivity contribution in [1.82, 2.24) is 5.32 Å². The van der Waals surface area contributed by atoms with E-state index in [9.17, 15) is 24.0 Å². The van der Waals surface area contributed by atoms with Crippen LogP contribution in [0, 0.1) is 5.92 Å². The van der Waals surface area contributed by atoms with Gasteiger partial charge in [-0.2, -0.15) is 0 Å². The number of ketones is 1. The number of aryl methyl sites for hydroxylation is 1. The van der Waals surface area contributed by atoms with Crippen molar-refractivity contribution in [2.75, 3.05) is 0 Å². The highest BCUT2D eigenvalue weighted by atomic mass is 32.1. The fraction of sp³-hybridized carbons (Fsp3) is 0.348. The van der Waals surface area contributed by atoms with E-state index in [0.717, 1.165) is 16.0 Å². The molecule has 1 aromatic heterocycles. The van der Waals surface area contributed by atoms with Crippen LogP contribution in [-0.4, -0.2) is 45.8 Å². The molecule has 1 aromatic carbocycles. The van der Waals surface area contributed by atoms with Crippen LogP contribution in [0.4, 0.5) is 0 Å². The van der Waals surface area contributed by atoms with E-state index in [2.05, 4.69) is 5.32 Å². The molecule has 2 amide bonds. The number of carbonyl (C=O) groups is 5. The van der Waals surface area contributed by atoms with E-state index in [0.29, 0.717) is 6.42 Å². The van der Waals surface area contributed by atoms with E-state index in [1.54, 1.807) is 11.3 Å². The number of amides is 2. The van der Waals surface area contributed by atoms with Crippen molar-refractivity contribution >= 4 is 40.9 Å². The van der Waals surface area contributed by atoms with Gasteiger partial charge in [0.25, 0.3) is 0 Å². The molecule has 176 valence electrons. The summed E-state index contributed by atoms with van der Waals surface area (Å²) < 4.78 is 0. The van der Waals surface area contributed by atoms with Crippen molar-refractivity contribution in [2.45, 2.75) is 44.6 Å². The van der Waals surface area contributed by atoms with Crippen molar-refractivity contribution in [3.63, 3.8) is 0 Å². The van der Waals surface area contributed by atoms with Crippen molar-refractivity contribution < 1.29 is 34.2 Å². The molecule has 0 fully saturated rings. The molecule has 0 saturated heterocycles. The molecule has 0 radical (unpaired) electrons. The van der Waals surface area contributed by atoms with E-state index in [4.69, 9.17) is 15.9 Å². The number of Topliss-reactive ketones (excluding diaryl/α,β-unsaturated/α-hetero) is 1. The average Bonchev–Trinajstić information content (AvgIpc) is 3.29. The molecule has 2 aromatic rings. The minimum absolute atomic E-state index is 0.0730. The van der Waals surface area contributed by atoms with Crippen LogP contribution in [0.15, 0.2) is 41.8 Å². The lowest BCUT2D eigenvalue weighted by Gasteiger charge is -2.19. The van der Waals surface area contributed by atoms with Gasteiger partial charge in [0.2, 0.25) is 11.8 Å². The summed E-state index contributed by atoms with van der Waals surface area (Å²) in [6.45, 7) is 0. The lowest BCUT2D eigenvalue weighted by atomic mass is 9.93. The number of carboxylic acids is 2. The number of carbonyl (C=O) groups excluding carboxylic acids is 3. The van der Waals surface area contributed by atoms with Crippen LogP contribution in [0.3, 0.4) is 0 Å². The average molecular weight is 475 g/mol. The lowest BCUT2D eigenvalue weighted by Crippen LogP contribution is -2.43. The molecular weight excluding hydrogens is 448 g/mol. The van der Waals surface area contributed by atoms with Crippen LogP contribution in [0.5, 0.6) is 0 Å². The molecular formula is C23H26N2O7S. The number of aliphatic carboxylic acids is 2. The molecule has 0 aliphatic carbocycles. The first-order valence-corrected chi connectivity index (χ1v) is 11.2. The standard InChI is InChI=1S/C23H26N2O7S/c24-23(32)16(13-22(30)31)12-18(26)17(8-10-21(28)29)25-20(27)9-5-14-3-6-15(7-4-14)19-2-1-11-33-19/h1-4,6-7,11,16-17H,5,8-10,12-13H2,(H2,24,32)(H,25,27)(H,28,29)(H,30,31)/t16-,17-/m0/s1. The SMILES string of the molecule is NC(=O)[C@H](CC(=O)O)CC(=O)[C@H](CCC(=O)O)NC(=O)CCc1ccc(-c2cccs2)cc1. The van der Waals surface area contributed by atoms with Crippen molar-refractivity contribution in [3.05, 3.63) is 47.3 Å². The molecule has 0 spiro atoms. The zero-order chi connectivity index (χ0) is 24.4. The molecule has 9 nitrogen and oxygen atoms in total. The summed E-state index contributed by atoms with van der Waals surface area (Å²) >= 11 is 1.63. The third-order valence-corrected chi connectivity index (χ3v) is 5.96. The second kappa shape index (κ2) is 12.5. The predicted molar refractivity (Wildman–Crippen MR) is 121 cm³/mol. The maximum atomic E-state index is 12.6. The summed E-state index contributed by atoms with van der Waals surface area (Å²) in [5.74, 6) is -5.70. The van der Waals surface area contributed by atoms with Gasteiger partial charge in [0.05, 0.1) is 18.4 Å². The molecule has 0 unspecified atom stereocenters. The topological polar surface area (TPSA) is 164 Å². The number of nitrogens with two attached hydrogens (primary N) is 1. The monoisotopic (exact) mass is 474 g/mol. The van der Waals surface area contributed by atoms with Crippen LogP contribution in [0.1, 0.15) is 37.7 Å². The number of benzene rings is 1. The molecule has 0 saturated carbocycles. The lowest BCUT2D eigenvalue weighted by molar-refractivity contribution is -0.141. The Morgan fingerprint density at radius 1 is 0.939 bits per heavy atom. The van der Waals surface area contributed by atoms with Crippen LogP contribution < -0.4 is 11.1 Å². The Morgan fingerprint density at radius 3 is 2.18 bits per heavy atom. The highest BCUT2D eigenvalue weighted by Gasteiger charge is 2.28. The van der Waals surface area contributed by atoms with Crippen molar-refractivity contribution in [2.24, 2.45) is 11.7 Å². The van der Waals surface area contributed by atoms with Crippen LogP contribution >= 0.6 is 11.3 Å². The van der Waals surface area contributed by atoms with Gasteiger partial charge in [0, 0.05) is 24.1 Å². The summed E-state index contributed by atoms with van der Waals surface area (Å²) in [6, 6.07) is 10.6. The Bertz CT molecular complexity index is 987. The Morgan fingerprint density at radius 2 is 1.64 bits per heavy atom. The minimum Gasteiger partial charge on any atom is -0.481 e. The first-order valence-electron chi connectivity index (χ1n) is 10.3. The van der Waals surface area contributed by atoms with Crippen LogP contribution in [-0.2, 0) is 30.4 Å². The molecule has 33 heavy (non-hydrogen) atoms. The maximum absolute atomic E-state index is 12.6. The normalized spacial score (nSPS) is 12.5. The van der Waals surface area contributed by atoms with Crippen molar-refractivity contribution in [1.29, 1.82) is 0 Å². The number of carboxylic acid groups (broad SMARTS) is 2. The van der Waals surface area contributed by atoms with Gasteiger partial charge in [-0.3, -0.25) is 24.0 Å². The first-order chi connectivity index (χ1) is 15.7. The summed E-state index contributed by atoms with van der Waals surface area (Å²) in [5, 5.41) is 22.3. The van der Waals surface area contributed by atoms with Crippen LogP contribution in [0.2, 0.25) is 0 Å². The quantitative estimate of drug-likeness (QED) is 0.326. The maximum Gasteiger partial charge on any atom is 0.304 e. The third kappa shape index (κ3) is 8.85. The summed E-state index contributed by atoms with van der Waals surface area (Å²) in [7, 11) is 0. The zero-order valence-electron chi connectivity index (χ0n) is 17.9. The van der Waals surface area contributed by atoms with Gasteiger partial charge < -0.3 is 21.3 Å². The van der Waals surface area contributed by atoms with E-state index in [1.165, 1.54) is 0 Å². The number of hydrogen-bond donors (Lipinski definition) is 4. The van der Waals surface area contributed by atoms with Gasteiger partial charge in [0.15, 0.2) is 5.78 Å². The van der Waals surface area contributed by atoms with Gasteiger partial charge in [-0.15, -0.1) is 11.3 Å². The molecule has 5 N–H and O–H groups in total. The zero-order valence-corrected chi connectivity index (χ0v) is 18.7. The second-order valence-corrected chi connectivity index (χ2v) is 8.54. The number of nitrogens with one attached hydrogen (secondary N) is 1. The van der Waals surface area contributed by atoms with Gasteiger partial charge in [0.1, 0.15) is 0 Å². The summed E-state index contributed by atoms with van der Waals surface area (Å²) in [4.78, 5) is 59.5. The minimum atomic E-state index is -1.29. The van der Waals surface area contributed by atoms with E-state index in [1.807, 2.05) is 41.8 Å². The van der Waals surface area contributed by atoms with Gasteiger partial charge in [-0.05, 0) is 35.4 Å².